The monoisotopic (exact) mass is 280 g/mol. The summed E-state index contributed by atoms with van der Waals surface area (Å²) in [4.78, 5) is 17.0. The number of nitrogens with zero attached hydrogens (tertiary/aromatic N) is 2. The van der Waals surface area contributed by atoms with Crippen LogP contribution in [0.3, 0.4) is 0 Å². The van der Waals surface area contributed by atoms with E-state index in [9.17, 15) is 0 Å². The Balaban J connectivity index is 0. The molecule has 0 atom stereocenters. The van der Waals surface area contributed by atoms with E-state index in [0.717, 1.165) is 11.3 Å². The molecule has 1 aromatic heterocycles. The standard InChI is InChI=1S/C8H11NO2.C6H11N.C2H6/c1-7-3-4-8(9-5-7)6-11-10-2;1-6(2)4-5-7-3;1-2/h3-5H,6H2,1-2H3;4-5H,1-3H3;1-2H3. The molecule has 0 aromatic carbocycles. The summed E-state index contributed by atoms with van der Waals surface area (Å²) < 4.78 is 0. The van der Waals surface area contributed by atoms with Gasteiger partial charge in [0.05, 0.1) is 12.8 Å². The van der Waals surface area contributed by atoms with Crippen LogP contribution in [0.15, 0.2) is 35.0 Å². The highest BCUT2D eigenvalue weighted by Crippen LogP contribution is 1.99. The molecule has 0 saturated heterocycles. The Morgan fingerprint density at radius 1 is 1.30 bits per heavy atom. The van der Waals surface area contributed by atoms with Crippen LogP contribution in [0.1, 0.15) is 39.0 Å². The average Bonchev–Trinajstić information content (AvgIpc) is 2.47. The first-order valence-corrected chi connectivity index (χ1v) is 6.73. The average molecular weight is 280 g/mol. The second kappa shape index (κ2) is 15.5. The minimum Gasteiger partial charge on any atom is -0.297 e. The lowest BCUT2D eigenvalue weighted by atomic mass is 10.3. The van der Waals surface area contributed by atoms with Crippen molar-refractivity contribution in [1.29, 1.82) is 0 Å². The number of aromatic nitrogens is 1. The van der Waals surface area contributed by atoms with Crippen molar-refractivity contribution in [3.63, 3.8) is 0 Å². The van der Waals surface area contributed by atoms with E-state index in [2.05, 4.69) is 14.9 Å². The van der Waals surface area contributed by atoms with Crippen molar-refractivity contribution >= 4 is 6.21 Å². The predicted molar refractivity (Wildman–Crippen MR) is 86.0 cm³/mol. The summed E-state index contributed by atoms with van der Waals surface area (Å²) in [6.45, 7) is 10.5. The molecular weight excluding hydrogens is 252 g/mol. The summed E-state index contributed by atoms with van der Waals surface area (Å²) in [5.41, 5.74) is 3.30. The van der Waals surface area contributed by atoms with E-state index >= 15 is 0 Å². The van der Waals surface area contributed by atoms with Gasteiger partial charge in [-0.05, 0) is 38.5 Å². The summed E-state index contributed by atoms with van der Waals surface area (Å²) >= 11 is 0. The van der Waals surface area contributed by atoms with E-state index in [4.69, 9.17) is 4.89 Å². The Bertz CT molecular complexity index is 367. The molecule has 1 aromatic rings. The number of hydrogen-bond donors (Lipinski definition) is 0. The lowest BCUT2D eigenvalue weighted by molar-refractivity contribution is -0.282. The van der Waals surface area contributed by atoms with Gasteiger partial charge in [0, 0.05) is 19.5 Å². The topological polar surface area (TPSA) is 43.7 Å². The molecule has 0 fully saturated rings. The maximum absolute atomic E-state index is 4.70. The third kappa shape index (κ3) is 14.5. The molecule has 4 nitrogen and oxygen atoms in total. The molecule has 0 aliphatic heterocycles. The fourth-order valence-corrected chi connectivity index (χ4v) is 0.927. The smallest absolute Gasteiger partial charge is 0.124 e. The van der Waals surface area contributed by atoms with Gasteiger partial charge < -0.3 is 0 Å². The summed E-state index contributed by atoms with van der Waals surface area (Å²) in [6, 6.07) is 3.90. The molecular formula is C16H28N2O2. The Hall–Kier alpha value is -1.52. The molecule has 0 amide bonds. The maximum Gasteiger partial charge on any atom is 0.124 e. The van der Waals surface area contributed by atoms with Gasteiger partial charge in [-0.2, -0.15) is 0 Å². The Labute approximate surface area is 123 Å². The van der Waals surface area contributed by atoms with Gasteiger partial charge in [0.1, 0.15) is 6.61 Å². The number of allylic oxidation sites excluding steroid dienone is 2. The Morgan fingerprint density at radius 2 is 1.95 bits per heavy atom. The first kappa shape index (κ1) is 20.8. The van der Waals surface area contributed by atoms with Gasteiger partial charge in [0.15, 0.2) is 0 Å². The third-order valence-corrected chi connectivity index (χ3v) is 1.85. The zero-order valence-corrected chi connectivity index (χ0v) is 13.8. The summed E-state index contributed by atoms with van der Waals surface area (Å²) in [5.74, 6) is 0. The van der Waals surface area contributed by atoms with Gasteiger partial charge in [-0.3, -0.25) is 9.98 Å². The second-order valence-corrected chi connectivity index (χ2v) is 3.91. The number of aliphatic imine (C=N–C) groups is 1. The highest BCUT2D eigenvalue weighted by Gasteiger charge is 1.92. The Morgan fingerprint density at radius 3 is 2.30 bits per heavy atom. The second-order valence-electron chi connectivity index (χ2n) is 3.91. The van der Waals surface area contributed by atoms with Crippen LogP contribution in [0.5, 0.6) is 0 Å². The van der Waals surface area contributed by atoms with E-state index in [1.807, 2.05) is 52.8 Å². The molecule has 0 saturated carbocycles. The van der Waals surface area contributed by atoms with E-state index in [1.54, 1.807) is 19.5 Å². The fourth-order valence-electron chi connectivity index (χ4n) is 0.927. The largest absolute Gasteiger partial charge is 0.297 e. The van der Waals surface area contributed by atoms with Crippen LogP contribution in [0.2, 0.25) is 0 Å². The van der Waals surface area contributed by atoms with Gasteiger partial charge in [0.25, 0.3) is 0 Å². The molecule has 0 aliphatic carbocycles. The van der Waals surface area contributed by atoms with Gasteiger partial charge >= 0.3 is 0 Å². The zero-order valence-electron chi connectivity index (χ0n) is 13.8. The first-order chi connectivity index (χ1) is 9.60. The van der Waals surface area contributed by atoms with Gasteiger partial charge in [0.2, 0.25) is 0 Å². The Kier molecular flexibility index (Phi) is 16.2. The molecule has 0 bridgehead atoms. The third-order valence-electron chi connectivity index (χ3n) is 1.85. The number of rotatable bonds is 4. The maximum atomic E-state index is 4.70. The number of hydrogen-bond acceptors (Lipinski definition) is 4. The van der Waals surface area contributed by atoms with E-state index in [-0.39, 0.29) is 0 Å². The van der Waals surface area contributed by atoms with Gasteiger partial charge in [-0.25, -0.2) is 9.78 Å². The molecule has 0 radical (unpaired) electrons. The van der Waals surface area contributed by atoms with E-state index < -0.39 is 0 Å². The van der Waals surface area contributed by atoms with E-state index in [0.29, 0.717) is 6.61 Å². The van der Waals surface area contributed by atoms with Crippen LogP contribution in [-0.4, -0.2) is 25.4 Å². The summed E-state index contributed by atoms with van der Waals surface area (Å²) in [6.07, 6.45) is 5.56. The fraction of sp³-hybridized carbons (Fsp3) is 0.500. The normalized spacial score (nSPS) is 9.15. The zero-order chi connectivity index (χ0) is 15.8. The molecule has 1 rings (SSSR count). The van der Waals surface area contributed by atoms with Crippen LogP contribution in [-0.2, 0) is 16.4 Å². The molecule has 1 heterocycles. The van der Waals surface area contributed by atoms with Crippen molar-refractivity contribution in [2.45, 2.75) is 41.2 Å². The number of pyridine rings is 1. The van der Waals surface area contributed by atoms with Crippen LogP contribution in [0, 0.1) is 6.92 Å². The van der Waals surface area contributed by atoms with Crippen LogP contribution < -0.4 is 0 Å². The van der Waals surface area contributed by atoms with Crippen molar-refractivity contribution < 1.29 is 9.78 Å². The predicted octanol–water partition coefficient (Wildman–Crippen LogP) is 4.15. The molecule has 114 valence electrons. The SMILES string of the molecule is CC.CN=CC=C(C)C.COOCc1ccc(C)cn1. The van der Waals surface area contributed by atoms with Crippen LogP contribution >= 0.6 is 0 Å². The molecule has 4 heteroatoms. The van der Waals surface area contributed by atoms with Crippen molar-refractivity contribution in [3.05, 3.63) is 41.2 Å². The number of aryl methyl sites for hydroxylation is 1. The lowest BCUT2D eigenvalue weighted by Crippen LogP contribution is -1.93. The molecule has 0 spiro atoms. The summed E-state index contributed by atoms with van der Waals surface area (Å²) in [5, 5.41) is 0. The molecule has 0 N–H and O–H groups in total. The molecule has 20 heavy (non-hydrogen) atoms. The lowest BCUT2D eigenvalue weighted by Gasteiger charge is -1.98. The van der Waals surface area contributed by atoms with Crippen molar-refractivity contribution in [1.82, 2.24) is 4.98 Å². The van der Waals surface area contributed by atoms with Crippen molar-refractivity contribution in [3.8, 4) is 0 Å². The molecule has 0 unspecified atom stereocenters. The first-order valence-electron chi connectivity index (χ1n) is 6.73. The van der Waals surface area contributed by atoms with E-state index in [1.165, 1.54) is 12.7 Å². The van der Waals surface area contributed by atoms with Gasteiger partial charge in [-0.15, -0.1) is 0 Å². The quantitative estimate of drug-likeness (QED) is 0.473. The van der Waals surface area contributed by atoms with Crippen LogP contribution in [0.4, 0.5) is 0 Å². The molecule has 0 aliphatic rings. The minimum atomic E-state index is 0.400. The minimum absolute atomic E-state index is 0.400. The highest BCUT2D eigenvalue weighted by atomic mass is 17.2. The van der Waals surface area contributed by atoms with Crippen molar-refractivity contribution in [2.24, 2.45) is 4.99 Å². The van der Waals surface area contributed by atoms with Gasteiger partial charge in [-0.1, -0.05) is 25.5 Å². The van der Waals surface area contributed by atoms with Crippen LogP contribution in [0.25, 0.3) is 0 Å². The summed E-state index contributed by atoms with van der Waals surface area (Å²) in [7, 11) is 3.24. The highest BCUT2D eigenvalue weighted by molar-refractivity contribution is 5.71. The van der Waals surface area contributed by atoms with Crippen molar-refractivity contribution in [2.75, 3.05) is 14.2 Å².